The van der Waals surface area contributed by atoms with Gasteiger partial charge in [-0.1, -0.05) is 27.5 Å². The summed E-state index contributed by atoms with van der Waals surface area (Å²) in [7, 11) is 0. The monoisotopic (exact) mass is 372 g/mol. The van der Waals surface area contributed by atoms with Gasteiger partial charge in [-0.05, 0) is 18.2 Å². The van der Waals surface area contributed by atoms with Crippen LogP contribution in [0.5, 0.6) is 5.75 Å². The van der Waals surface area contributed by atoms with Crippen molar-refractivity contribution in [3.8, 4) is 5.75 Å². The van der Waals surface area contributed by atoms with Gasteiger partial charge in [-0.25, -0.2) is 10.8 Å². The Morgan fingerprint density at radius 2 is 2.19 bits per heavy atom. The van der Waals surface area contributed by atoms with Gasteiger partial charge >= 0.3 is 0 Å². The molecule has 0 aliphatic rings. The first-order chi connectivity index (χ1) is 9.99. The number of anilines is 1. The highest BCUT2D eigenvalue weighted by molar-refractivity contribution is 9.10. The summed E-state index contributed by atoms with van der Waals surface area (Å²) < 4.78 is 6.04. The third-order valence-corrected chi connectivity index (χ3v) is 3.31. The lowest BCUT2D eigenvalue weighted by Crippen LogP contribution is -2.10. The molecule has 2 aromatic rings. The predicted octanol–water partition coefficient (Wildman–Crippen LogP) is 3.27. The Morgan fingerprint density at radius 3 is 2.86 bits per heavy atom. The van der Waals surface area contributed by atoms with E-state index in [0.29, 0.717) is 26.8 Å². The third-order valence-electron chi connectivity index (χ3n) is 2.51. The number of ether oxygens (including phenoxy) is 1. The number of nitrogens with zero attached hydrogens (tertiary/aromatic N) is 2. The van der Waals surface area contributed by atoms with E-state index in [1.807, 2.05) is 0 Å². The average Bonchev–Trinajstić information content (AvgIpc) is 2.46. The molecule has 7 nitrogen and oxygen atoms in total. The van der Waals surface area contributed by atoms with Crippen LogP contribution in [0, 0.1) is 10.1 Å². The second kappa shape index (κ2) is 6.70. The number of benzene rings is 1. The molecule has 0 amide bonds. The molecule has 1 aromatic heterocycles. The van der Waals surface area contributed by atoms with E-state index in [2.05, 4.69) is 26.3 Å². The van der Waals surface area contributed by atoms with Crippen LogP contribution in [-0.4, -0.2) is 9.91 Å². The fourth-order valence-corrected chi connectivity index (χ4v) is 2.17. The number of nitrogen functional groups attached to an aromatic ring is 1. The smallest absolute Gasteiger partial charge is 0.274 e. The first-order valence-electron chi connectivity index (χ1n) is 5.69. The quantitative estimate of drug-likeness (QED) is 0.473. The molecule has 9 heteroatoms. The van der Waals surface area contributed by atoms with Crippen molar-refractivity contribution in [1.29, 1.82) is 0 Å². The molecule has 0 aliphatic heterocycles. The fourth-order valence-electron chi connectivity index (χ4n) is 1.55. The Labute approximate surface area is 133 Å². The summed E-state index contributed by atoms with van der Waals surface area (Å²) in [6.07, 6.45) is 0. The second-order valence-electron chi connectivity index (χ2n) is 3.96. The molecular formula is C12H10BrClN4O3. The fraction of sp³-hybridized carbons (Fsp3) is 0.0833. The van der Waals surface area contributed by atoms with E-state index in [4.69, 9.17) is 22.2 Å². The maximum Gasteiger partial charge on any atom is 0.274 e. The van der Waals surface area contributed by atoms with Gasteiger partial charge in [0.15, 0.2) is 0 Å². The molecule has 3 N–H and O–H groups in total. The van der Waals surface area contributed by atoms with Crippen molar-refractivity contribution in [3.63, 3.8) is 0 Å². The van der Waals surface area contributed by atoms with Crippen molar-refractivity contribution in [2.24, 2.45) is 5.84 Å². The number of rotatable bonds is 5. The Morgan fingerprint density at radius 1 is 1.43 bits per heavy atom. The van der Waals surface area contributed by atoms with Crippen LogP contribution in [0.25, 0.3) is 0 Å². The summed E-state index contributed by atoms with van der Waals surface area (Å²) in [4.78, 5) is 14.4. The van der Waals surface area contributed by atoms with Crippen LogP contribution < -0.4 is 16.0 Å². The van der Waals surface area contributed by atoms with Gasteiger partial charge in [-0.15, -0.1) is 0 Å². The Hall–Kier alpha value is -1.90. The average molecular weight is 374 g/mol. The van der Waals surface area contributed by atoms with Crippen LogP contribution in [0.2, 0.25) is 5.02 Å². The number of hydrazine groups is 1. The molecule has 0 bridgehead atoms. The predicted molar refractivity (Wildman–Crippen MR) is 82.2 cm³/mol. The zero-order valence-electron chi connectivity index (χ0n) is 10.5. The van der Waals surface area contributed by atoms with Crippen molar-refractivity contribution in [1.82, 2.24) is 4.98 Å². The maximum atomic E-state index is 10.8. The first-order valence-corrected chi connectivity index (χ1v) is 6.86. The van der Waals surface area contributed by atoms with Gasteiger partial charge in [0.1, 0.15) is 18.2 Å². The number of aromatic nitrogens is 1. The van der Waals surface area contributed by atoms with E-state index in [-0.39, 0.29) is 12.3 Å². The van der Waals surface area contributed by atoms with Crippen LogP contribution in [0.1, 0.15) is 5.69 Å². The first kappa shape index (κ1) is 15.5. The SMILES string of the molecule is NNc1ccc(Cl)c(COc2cc(Br)cc([N+](=O)[O-])c2)n1. The minimum absolute atomic E-state index is 0.0575. The van der Waals surface area contributed by atoms with Crippen LogP contribution in [-0.2, 0) is 6.61 Å². The molecule has 0 fully saturated rings. The number of nitro groups is 1. The number of halogens is 2. The molecule has 110 valence electrons. The highest BCUT2D eigenvalue weighted by Gasteiger charge is 2.11. The number of pyridine rings is 1. The molecule has 0 spiro atoms. The van der Waals surface area contributed by atoms with Crippen molar-refractivity contribution in [2.45, 2.75) is 6.61 Å². The van der Waals surface area contributed by atoms with E-state index in [1.165, 1.54) is 12.1 Å². The molecule has 0 radical (unpaired) electrons. The lowest BCUT2D eigenvalue weighted by atomic mass is 10.3. The second-order valence-corrected chi connectivity index (χ2v) is 5.28. The molecule has 0 saturated carbocycles. The van der Waals surface area contributed by atoms with E-state index in [0.717, 1.165) is 0 Å². The van der Waals surface area contributed by atoms with Crippen molar-refractivity contribution < 1.29 is 9.66 Å². The molecule has 0 saturated heterocycles. The normalized spacial score (nSPS) is 10.2. The van der Waals surface area contributed by atoms with Crippen LogP contribution in [0.15, 0.2) is 34.8 Å². The molecule has 0 unspecified atom stereocenters. The summed E-state index contributed by atoms with van der Waals surface area (Å²) in [5.74, 6) is 6.05. The van der Waals surface area contributed by atoms with Gasteiger partial charge in [-0.3, -0.25) is 10.1 Å². The number of hydrogen-bond acceptors (Lipinski definition) is 6. The van der Waals surface area contributed by atoms with Gasteiger partial charge in [0.25, 0.3) is 5.69 Å². The zero-order chi connectivity index (χ0) is 15.4. The topological polar surface area (TPSA) is 103 Å². The van der Waals surface area contributed by atoms with E-state index < -0.39 is 4.92 Å². The number of nitrogens with two attached hydrogens (primary N) is 1. The van der Waals surface area contributed by atoms with Gasteiger partial charge in [0, 0.05) is 10.5 Å². The maximum absolute atomic E-state index is 10.8. The van der Waals surface area contributed by atoms with Crippen molar-refractivity contribution in [2.75, 3.05) is 5.43 Å². The Kier molecular flexibility index (Phi) is 4.94. The summed E-state index contributed by atoms with van der Waals surface area (Å²) in [5.41, 5.74) is 2.80. The minimum Gasteiger partial charge on any atom is -0.487 e. The molecule has 1 aromatic carbocycles. The van der Waals surface area contributed by atoms with Crippen LogP contribution in [0.4, 0.5) is 11.5 Å². The van der Waals surface area contributed by atoms with Gasteiger partial charge in [-0.2, -0.15) is 0 Å². The number of non-ortho nitro benzene ring substituents is 1. The summed E-state index contributed by atoms with van der Waals surface area (Å²) >= 11 is 9.20. The molecule has 2 rings (SSSR count). The number of hydrogen-bond donors (Lipinski definition) is 2. The lowest BCUT2D eigenvalue weighted by molar-refractivity contribution is -0.385. The van der Waals surface area contributed by atoms with Gasteiger partial charge in [0.05, 0.1) is 21.7 Å². The molecule has 0 atom stereocenters. The summed E-state index contributed by atoms with van der Waals surface area (Å²) in [6.45, 7) is 0.0575. The summed E-state index contributed by atoms with van der Waals surface area (Å²) in [5, 5.41) is 11.2. The van der Waals surface area contributed by atoms with E-state index in [1.54, 1.807) is 18.2 Å². The molecular weight excluding hydrogens is 364 g/mol. The van der Waals surface area contributed by atoms with Crippen molar-refractivity contribution in [3.05, 3.63) is 55.6 Å². The zero-order valence-corrected chi connectivity index (χ0v) is 12.9. The largest absolute Gasteiger partial charge is 0.487 e. The molecule has 21 heavy (non-hydrogen) atoms. The Balaban J connectivity index is 2.18. The Bertz CT molecular complexity index is 684. The van der Waals surface area contributed by atoms with Crippen molar-refractivity contribution >= 4 is 39.0 Å². The van der Waals surface area contributed by atoms with Crippen LogP contribution >= 0.6 is 27.5 Å². The van der Waals surface area contributed by atoms with E-state index in [9.17, 15) is 10.1 Å². The number of nitro benzene ring substituents is 1. The van der Waals surface area contributed by atoms with Gasteiger partial charge in [0.2, 0.25) is 0 Å². The third kappa shape index (κ3) is 4.03. The van der Waals surface area contributed by atoms with E-state index >= 15 is 0 Å². The van der Waals surface area contributed by atoms with Gasteiger partial charge < -0.3 is 10.2 Å². The molecule has 0 aliphatic carbocycles. The minimum atomic E-state index is -0.498. The van der Waals surface area contributed by atoms with Crippen LogP contribution in [0.3, 0.4) is 0 Å². The number of nitrogens with one attached hydrogen (secondary N) is 1. The lowest BCUT2D eigenvalue weighted by Gasteiger charge is -2.09. The highest BCUT2D eigenvalue weighted by atomic mass is 79.9. The highest BCUT2D eigenvalue weighted by Crippen LogP contribution is 2.27. The summed E-state index contributed by atoms with van der Waals surface area (Å²) in [6, 6.07) is 7.58. The standard InChI is InChI=1S/C12H10BrClN4O3/c13-7-3-8(18(19)20)5-9(4-7)21-6-11-10(14)1-2-12(16-11)17-15/h1-5H,6,15H2,(H,16,17). The molecule has 1 heterocycles.